The van der Waals surface area contributed by atoms with E-state index in [0.717, 1.165) is 18.7 Å². The third kappa shape index (κ3) is 5.70. The van der Waals surface area contributed by atoms with Crippen molar-refractivity contribution in [3.05, 3.63) is 51.9 Å². The van der Waals surface area contributed by atoms with Crippen LogP contribution in [0.4, 0.5) is 26.3 Å². The normalized spacial score (nSPS) is 15.5. The molecule has 34 heavy (non-hydrogen) atoms. The SMILES string of the molecule is COc1cc(/C=C2\SC(=S)NC2=O)cc(-c2cc(C(F)(F)F)cc(C(F)(F)F)c2)c1OC(C)=O. The van der Waals surface area contributed by atoms with E-state index in [9.17, 15) is 35.9 Å². The lowest BCUT2D eigenvalue weighted by Gasteiger charge is -2.18. The summed E-state index contributed by atoms with van der Waals surface area (Å²) in [6, 6.07) is 3.47. The van der Waals surface area contributed by atoms with Crippen LogP contribution >= 0.6 is 24.0 Å². The van der Waals surface area contributed by atoms with Crippen LogP contribution in [0.15, 0.2) is 35.2 Å². The molecule has 0 saturated carbocycles. The van der Waals surface area contributed by atoms with E-state index in [0.29, 0.717) is 12.1 Å². The number of hydrogen-bond donors (Lipinski definition) is 1. The lowest BCUT2D eigenvalue weighted by molar-refractivity contribution is -0.143. The highest BCUT2D eigenvalue weighted by Gasteiger charge is 2.37. The summed E-state index contributed by atoms with van der Waals surface area (Å²) in [6.07, 6.45) is -8.85. The van der Waals surface area contributed by atoms with Crippen molar-refractivity contribution in [1.29, 1.82) is 0 Å². The monoisotopic (exact) mass is 521 g/mol. The Morgan fingerprint density at radius 2 is 1.62 bits per heavy atom. The summed E-state index contributed by atoms with van der Waals surface area (Å²) in [6.45, 7) is 1.01. The summed E-state index contributed by atoms with van der Waals surface area (Å²) in [4.78, 5) is 23.8. The molecule has 0 aliphatic carbocycles. The number of methoxy groups -OCH3 is 1. The molecule has 2 aromatic rings. The highest BCUT2D eigenvalue weighted by Crippen LogP contribution is 2.44. The van der Waals surface area contributed by atoms with E-state index in [1.165, 1.54) is 25.3 Å². The molecule has 13 heteroatoms. The first kappa shape index (κ1) is 25.6. The molecule has 1 aliphatic rings. The van der Waals surface area contributed by atoms with Crippen molar-refractivity contribution in [2.24, 2.45) is 0 Å². The zero-order chi connectivity index (χ0) is 25.4. The van der Waals surface area contributed by atoms with Crippen molar-refractivity contribution < 1.29 is 45.4 Å². The number of amides is 1. The highest BCUT2D eigenvalue weighted by atomic mass is 32.2. The van der Waals surface area contributed by atoms with Crippen LogP contribution in [0.3, 0.4) is 0 Å². The first-order valence-electron chi connectivity index (χ1n) is 9.14. The molecule has 0 aromatic heterocycles. The lowest BCUT2D eigenvalue weighted by Crippen LogP contribution is -2.17. The van der Waals surface area contributed by atoms with Gasteiger partial charge in [0.15, 0.2) is 11.5 Å². The Labute approximate surface area is 198 Å². The lowest BCUT2D eigenvalue weighted by atomic mass is 9.96. The maximum atomic E-state index is 13.4. The predicted molar refractivity (Wildman–Crippen MR) is 116 cm³/mol. The molecule has 5 nitrogen and oxygen atoms in total. The number of nitrogens with one attached hydrogen (secondary N) is 1. The van der Waals surface area contributed by atoms with Crippen molar-refractivity contribution in [1.82, 2.24) is 5.32 Å². The molecule has 0 spiro atoms. The second-order valence-corrected chi connectivity index (χ2v) is 8.56. The first-order chi connectivity index (χ1) is 15.7. The van der Waals surface area contributed by atoms with Crippen LogP contribution in [-0.4, -0.2) is 23.3 Å². The summed E-state index contributed by atoms with van der Waals surface area (Å²) < 4.78 is 90.8. The van der Waals surface area contributed by atoms with Gasteiger partial charge >= 0.3 is 18.3 Å². The van der Waals surface area contributed by atoms with Crippen LogP contribution in [0.5, 0.6) is 11.5 Å². The van der Waals surface area contributed by atoms with E-state index in [-0.39, 0.29) is 37.9 Å². The maximum absolute atomic E-state index is 13.4. The van der Waals surface area contributed by atoms with Gasteiger partial charge in [0.25, 0.3) is 5.91 Å². The van der Waals surface area contributed by atoms with Gasteiger partial charge in [-0.15, -0.1) is 0 Å². The number of alkyl halides is 6. The van der Waals surface area contributed by atoms with Crippen molar-refractivity contribution in [3.8, 4) is 22.6 Å². The van der Waals surface area contributed by atoms with Gasteiger partial charge in [-0.1, -0.05) is 24.0 Å². The largest absolute Gasteiger partial charge is 0.493 e. The second-order valence-electron chi connectivity index (χ2n) is 6.84. The minimum absolute atomic E-state index is 0.0154. The minimum Gasteiger partial charge on any atom is -0.493 e. The quantitative estimate of drug-likeness (QED) is 0.180. The van der Waals surface area contributed by atoms with Crippen LogP contribution in [0.1, 0.15) is 23.6 Å². The molecule has 1 saturated heterocycles. The van der Waals surface area contributed by atoms with Gasteiger partial charge in [0, 0.05) is 12.5 Å². The standard InChI is InChI=1S/C21H13F6NO4S2/c1-9(29)32-17-14(11-6-12(20(22,23)24)8-13(7-11)21(25,26)27)3-10(4-15(17)31-2)5-16-18(30)28-19(33)34-16/h3-8H,1-2H3,(H,28,30,33)/b16-5-. The molecule has 3 rings (SSSR count). The summed E-state index contributed by atoms with van der Waals surface area (Å²) >= 11 is 5.82. The number of esters is 1. The van der Waals surface area contributed by atoms with E-state index in [4.69, 9.17) is 21.7 Å². The first-order valence-corrected chi connectivity index (χ1v) is 10.4. The summed E-state index contributed by atoms with van der Waals surface area (Å²) in [5.74, 6) is -1.96. The Hall–Kier alpha value is -3.06. The van der Waals surface area contributed by atoms with Gasteiger partial charge in [0.05, 0.1) is 23.1 Å². The van der Waals surface area contributed by atoms with Gasteiger partial charge in [-0.05, 0) is 47.5 Å². The predicted octanol–water partition coefficient (Wildman–Crippen LogP) is 5.81. The van der Waals surface area contributed by atoms with Gasteiger partial charge < -0.3 is 14.8 Å². The average molecular weight is 521 g/mol. The van der Waals surface area contributed by atoms with E-state index < -0.39 is 40.9 Å². The van der Waals surface area contributed by atoms with Crippen LogP contribution < -0.4 is 14.8 Å². The molecule has 1 heterocycles. The Bertz CT molecular complexity index is 1190. The number of thiocarbonyl (C=S) groups is 1. The van der Waals surface area contributed by atoms with Crippen LogP contribution in [0.2, 0.25) is 0 Å². The molecule has 1 aliphatic heterocycles. The molecular formula is C21H13F6NO4S2. The molecule has 1 N–H and O–H groups in total. The van der Waals surface area contributed by atoms with E-state index in [1.54, 1.807) is 0 Å². The molecule has 1 amide bonds. The molecule has 0 bridgehead atoms. The van der Waals surface area contributed by atoms with E-state index in [1.807, 2.05) is 0 Å². The van der Waals surface area contributed by atoms with Crippen molar-refractivity contribution in [2.75, 3.05) is 7.11 Å². The van der Waals surface area contributed by atoms with Gasteiger partial charge in [0.1, 0.15) is 4.32 Å². The number of carbonyl (C=O) groups is 2. The Balaban J connectivity index is 2.33. The second kappa shape index (κ2) is 9.29. The Kier molecular flexibility index (Phi) is 6.99. The van der Waals surface area contributed by atoms with E-state index >= 15 is 0 Å². The van der Waals surface area contributed by atoms with Crippen LogP contribution in [-0.2, 0) is 21.9 Å². The molecule has 0 radical (unpaired) electrons. The summed E-state index contributed by atoms with van der Waals surface area (Å²) in [5.41, 5.74) is -3.74. The number of carbonyl (C=O) groups excluding carboxylic acids is 2. The number of rotatable bonds is 4. The molecule has 0 atom stereocenters. The van der Waals surface area contributed by atoms with Gasteiger partial charge in [-0.2, -0.15) is 26.3 Å². The molecule has 1 fully saturated rings. The molecule has 180 valence electrons. The number of hydrogen-bond acceptors (Lipinski definition) is 6. The van der Waals surface area contributed by atoms with Crippen molar-refractivity contribution in [2.45, 2.75) is 19.3 Å². The fraction of sp³-hybridized carbons (Fsp3) is 0.190. The number of thioether (sulfide) groups is 1. The number of benzene rings is 2. The van der Waals surface area contributed by atoms with Crippen LogP contribution in [0, 0.1) is 0 Å². The third-order valence-corrected chi connectivity index (χ3v) is 5.54. The zero-order valence-electron chi connectivity index (χ0n) is 17.2. The Morgan fingerprint density at radius 3 is 2.06 bits per heavy atom. The van der Waals surface area contributed by atoms with Crippen molar-refractivity contribution >= 4 is 46.3 Å². The summed E-state index contributed by atoms with van der Waals surface area (Å²) in [7, 11) is 1.17. The van der Waals surface area contributed by atoms with E-state index in [2.05, 4.69) is 5.32 Å². The van der Waals surface area contributed by atoms with Gasteiger partial charge in [-0.25, -0.2) is 0 Å². The maximum Gasteiger partial charge on any atom is 0.416 e. The highest BCUT2D eigenvalue weighted by molar-refractivity contribution is 8.26. The average Bonchev–Trinajstić information content (AvgIpc) is 3.03. The number of halogens is 6. The minimum atomic E-state index is -5.09. The molecular weight excluding hydrogens is 508 g/mol. The van der Waals surface area contributed by atoms with Gasteiger partial charge in [0.2, 0.25) is 0 Å². The topological polar surface area (TPSA) is 64.6 Å². The van der Waals surface area contributed by atoms with Gasteiger partial charge in [-0.3, -0.25) is 9.59 Å². The molecule has 0 unspecified atom stereocenters. The Morgan fingerprint density at radius 1 is 1.03 bits per heavy atom. The van der Waals surface area contributed by atoms with Crippen LogP contribution in [0.25, 0.3) is 17.2 Å². The fourth-order valence-corrected chi connectivity index (χ4v) is 4.05. The zero-order valence-corrected chi connectivity index (χ0v) is 18.8. The van der Waals surface area contributed by atoms with Crippen molar-refractivity contribution in [3.63, 3.8) is 0 Å². The smallest absolute Gasteiger partial charge is 0.416 e. The fourth-order valence-electron chi connectivity index (χ4n) is 3.00. The summed E-state index contributed by atoms with van der Waals surface area (Å²) in [5, 5.41) is 2.38. The number of ether oxygens (including phenoxy) is 2. The molecule has 2 aromatic carbocycles. The third-order valence-electron chi connectivity index (χ3n) is 4.38.